The summed E-state index contributed by atoms with van der Waals surface area (Å²) in [5.41, 5.74) is 23.0. The molecule has 3 heterocycles. The molecule has 0 bridgehead atoms. The van der Waals surface area contributed by atoms with Crippen LogP contribution in [0, 0.1) is 6.92 Å². The summed E-state index contributed by atoms with van der Waals surface area (Å²) < 4.78 is 9.88. The predicted octanol–water partition coefficient (Wildman–Crippen LogP) is 18.2. The summed E-state index contributed by atoms with van der Waals surface area (Å²) in [6, 6.07) is 42.6. The zero-order valence-corrected chi connectivity index (χ0v) is 45.8. The number of fused-ring (bicyclic) bond motifs is 12. The maximum Gasteiger partial charge on any atom is 0.198 e. The Hall–Kier alpha value is -5.78. The van der Waals surface area contributed by atoms with Crippen molar-refractivity contribution in [1.29, 1.82) is 0 Å². The number of nitrogens with zero attached hydrogens (tertiary/aromatic N) is 1. The number of thiophene rings is 1. The van der Waals surface area contributed by atoms with E-state index in [2.05, 4.69) is 217 Å². The quantitative estimate of drug-likeness (QED) is 0.178. The van der Waals surface area contributed by atoms with E-state index in [9.17, 15) is 0 Å². The molecular weight excluding hydrogens is 892 g/mol. The van der Waals surface area contributed by atoms with Gasteiger partial charge in [-0.25, -0.2) is 0 Å². The van der Waals surface area contributed by atoms with E-state index < -0.39 is 0 Å². The lowest BCUT2D eigenvalue weighted by atomic mass is 9.57. The minimum atomic E-state index is 0.000837. The first-order chi connectivity index (χ1) is 34.0. The highest BCUT2D eigenvalue weighted by atomic mass is 32.1. The second-order valence-electron chi connectivity index (χ2n) is 26.5. The smallest absolute Gasteiger partial charge is 0.198 e. The van der Waals surface area contributed by atoms with Crippen molar-refractivity contribution in [2.45, 2.75) is 161 Å². The molecule has 0 unspecified atom stereocenters. The Morgan fingerprint density at radius 2 is 1.06 bits per heavy atom. The Morgan fingerprint density at radius 3 is 1.74 bits per heavy atom. The van der Waals surface area contributed by atoms with Gasteiger partial charge in [0.2, 0.25) is 0 Å². The number of nitrogens with one attached hydrogen (secondary N) is 1. The largest absolute Gasteiger partial charge is 0.454 e. The fourth-order valence-corrected chi connectivity index (χ4v) is 14.9. The summed E-state index contributed by atoms with van der Waals surface area (Å²) in [5, 5.41) is 9.11. The molecule has 1 N–H and O–H groups in total. The van der Waals surface area contributed by atoms with Crippen LogP contribution < -0.4 is 21.1 Å². The topological polar surface area (TPSA) is 28.4 Å². The Labute approximate surface area is 432 Å². The lowest BCUT2D eigenvalue weighted by molar-refractivity contribution is 0.332. The number of aryl methyl sites for hydroxylation is 1. The average Bonchev–Trinajstić information content (AvgIpc) is 3.89. The van der Waals surface area contributed by atoms with Crippen molar-refractivity contribution in [3.63, 3.8) is 0 Å². The van der Waals surface area contributed by atoms with Crippen molar-refractivity contribution < 1.29 is 4.42 Å². The van der Waals surface area contributed by atoms with E-state index in [0.29, 0.717) is 0 Å². The molecule has 0 spiro atoms. The van der Waals surface area contributed by atoms with E-state index in [-0.39, 0.29) is 32.5 Å². The van der Waals surface area contributed by atoms with Crippen molar-refractivity contribution >= 4 is 100 Å². The standard InChI is InChI=1S/C67H70BN2OS/c1-38-30-47-51(67(12,13)29-26-63(47,4)5)36-54(38)70-55-37-58-43(41-19-15-17-21-57(41)72-58)34-52(55)68-59-44(32-45-40-18-14-16-20-56(40)71-61(45)60(59)70)42-33-49-50(66(10,11)28-27-65(49,8)9)35-53(42)69-39-22-23-46-48(31-39)64(6,7)25-24-62(46,2)3/h14-23,30-37,69H,24-29H2,1-13H3. The highest BCUT2D eigenvalue weighted by molar-refractivity contribution is 7.25. The third kappa shape index (κ3) is 6.81. The second-order valence-corrected chi connectivity index (χ2v) is 27.5. The van der Waals surface area contributed by atoms with Gasteiger partial charge in [-0.2, -0.15) is 0 Å². The van der Waals surface area contributed by atoms with Gasteiger partial charge in [0.1, 0.15) is 5.58 Å². The average molecular weight is 962 g/mol. The molecular formula is C67H70BN2OS. The molecule has 72 heavy (non-hydrogen) atoms. The molecule has 7 aromatic carbocycles. The van der Waals surface area contributed by atoms with E-state index in [0.717, 1.165) is 58.3 Å². The summed E-state index contributed by atoms with van der Waals surface area (Å²) in [4.78, 5) is 2.63. The van der Waals surface area contributed by atoms with Crippen LogP contribution >= 0.6 is 11.3 Å². The van der Waals surface area contributed by atoms with E-state index in [1.54, 1.807) is 0 Å². The van der Waals surface area contributed by atoms with Gasteiger partial charge in [-0.05, 0) is 188 Å². The van der Waals surface area contributed by atoms with Gasteiger partial charge < -0.3 is 14.6 Å². The third-order valence-corrected chi connectivity index (χ3v) is 19.9. The summed E-state index contributed by atoms with van der Waals surface area (Å²) in [5.74, 6) is 0. The van der Waals surface area contributed by atoms with E-state index >= 15 is 0 Å². The second kappa shape index (κ2) is 15.2. The summed E-state index contributed by atoms with van der Waals surface area (Å²) >= 11 is 1.90. The number of benzene rings is 7. The van der Waals surface area contributed by atoms with Gasteiger partial charge in [-0.1, -0.05) is 143 Å². The van der Waals surface area contributed by atoms with Gasteiger partial charge in [0.05, 0.1) is 5.69 Å². The zero-order valence-electron chi connectivity index (χ0n) is 45.0. The normalized spacial score (nSPS) is 19.6. The van der Waals surface area contributed by atoms with Gasteiger partial charge in [0.15, 0.2) is 12.9 Å². The fourth-order valence-electron chi connectivity index (χ4n) is 13.8. The summed E-state index contributed by atoms with van der Waals surface area (Å²) in [7, 11) is 2.51. The number of hydrogen-bond donors (Lipinski definition) is 1. The molecule has 1 aliphatic heterocycles. The van der Waals surface area contributed by atoms with E-state index in [1.165, 1.54) is 112 Å². The van der Waals surface area contributed by atoms with Gasteiger partial charge in [0.25, 0.3) is 0 Å². The molecule has 3 aliphatic carbocycles. The van der Waals surface area contributed by atoms with Gasteiger partial charge >= 0.3 is 0 Å². The first kappa shape index (κ1) is 46.0. The number of hydrogen-bond acceptors (Lipinski definition) is 4. The number of rotatable bonds is 4. The lowest BCUT2D eigenvalue weighted by Crippen LogP contribution is -2.41. The maximum absolute atomic E-state index is 7.26. The Kier molecular flexibility index (Phi) is 9.69. The molecule has 0 amide bonds. The third-order valence-electron chi connectivity index (χ3n) is 18.8. The molecule has 0 fully saturated rings. The van der Waals surface area contributed by atoms with Crippen LogP contribution in [-0.2, 0) is 32.5 Å². The number of para-hydroxylation sites is 1. The first-order valence-electron chi connectivity index (χ1n) is 26.9. The molecule has 1 radical (unpaired) electrons. The van der Waals surface area contributed by atoms with Crippen LogP contribution in [0.4, 0.5) is 28.4 Å². The van der Waals surface area contributed by atoms with Crippen LogP contribution in [0.1, 0.15) is 161 Å². The highest BCUT2D eigenvalue weighted by Gasteiger charge is 2.42. The highest BCUT2D eigenvalue weighted by Crippen LogP contribution is 2.55. The van der Waals surface area contributed by atoms with Crippen LogP contribution in [0.5, 0.6) is 0 Å². The van der Waals surface area contributed by atoms with Crippen molar-refractivity contribution in [3.8, 4) is 11.1 Å². The lowest BCUT2D eigenvalue weighted by Gasteiger charge is -2.44. The Balaban J connectivity index is 1.14. The van der Waals surface area contributed by atoms with Crippen LogP contribution in [-0.4, -0.2) is 7.28 Å². The van der Waals surface area contributed by atoms with Crippen LogP contribution in [0.3, 0.4) is 0 Å². The first-order valence-corrected chi connectivity index (χ1v) is 27.7. The van der Waals surface area contributed by atoms with E-state index in [4.69, 9.17) is 4.42 Å². The van der Waals surface area contributed by atoms with E-state index in [1.807, 2.05) is 11.3 Å². The minimum Gasteiger partial charge on any atom is -0.454 e. The molecule has 9 aromatic rings. The fraction of sp³-hybridized carbons (Fsp3) is 0.373. The van der Waals surface area contributed by atoms with Gasteiger partial charge in [-0.15, -0.1) is 11.3 Å². The number of furan rings is 1. The summed E-state index contributed by atoms with van der Waals surface area (Å²) in [6.45, 7) is 31.7. The molecule has 0 saturated heterocycles. The number of anilines is 5. The molecule has 3 nitrogen and oxygen atoms in total. The molecule has 363 valence electrons. The SMILES string of the molecule is Cc1cc2c(cc1N1c3cc4sc5ccccc5c4cc3[B]c3c(-c4cc5c(cc4Nc4ccc6c(c4)C(C)(C)CCC6(C)C)C(C)(C)CCC5(C)C)cc4c(oc5ccccc54)c31)C(C)(C)CCC2(C)C. The molecule has 0 saturated carbocycles. The maximum atomic E-state index is 7.26. The molecule has 5 heteroatoms. The zero-order chi connectivity index (χ0) is 50.2. The minimum absolute atomic E-state index is 0.000837. The van der Waals surface area contributed by atoms with Crippen molar-refractivity contribution in [3.05, 3.63) is 148 Å². The van der Waals surface area contributed by atoms with Crippen LogP contribution in [0.25, 0.3) is 53.2 Å². The molecule has 4 aliphatic rings. The molecule has 13 rings (SSSR count). The Morgan fingerprint density at radius 1 is 0.486 bits per heavy atom. The monoisotopic (exact) mass is 962 g/mol. The van der Waals surface area contributed by atoms with Gasteiger partial charge in [0, 0.05) is 53.9 Å². The van der Waals surface area contributed by atoms with Crippen molar-refractivity contribution in [2.24, 2.45) is 0 Å². The predicted molar refractivity (Wildman–Crippen MR) is 312 cm³/mol. The van der Waals surface area contributed by atoms with Crippen LogP contribution in [0.15, 0.2) is 114 Å². The Bertz CT molecular complexity index is 3800. The summed E-state index contributed by atoms with van der Waals surface area (Å²) in [6.07, 6.45) is 6.99. The van der Waals surface area contributed by atoms with Crippen LogP contribution in [0.2, 0.25) is 0 Å². The molecule has 0 atom stereocenters. The van der Waals surface area contributed by atoms with Crippen molar-refractivity contribution in [2.75, 3.05) is 10.2 Å². The van der Waals surface area contributed by atoms with Crippen molar-refractivity contribution in [1.82, 2.24) is 0 Å². The molecule has 2 aromatic heterocycles. The van der Waals surface area contributed by atoms with Gasteiger partial charge in [-0.3, -0.25) is 0 Å².